The maximum absolute atomic E-state index is 10.9. The highest BCUT2D eigenvalue weighted by Gasteiger charge is 2.10. The van der Waals surface area contributed by atoms with E-state index in [4.69, 9.17) is 10.8 Å². The van der Waals surface area contributed by atoms with E-state index in [1.807, 2.05) is 18.5 Å². The van der Waals surface area contributed by atoms with Gasteiger partial charge in [0.15, 0.2) is 0 Å². The second-order valence-electron chi connectivity index (χ2n) is 4.69. The van der Waals surface area contributed by atoms with Gasteiger partial charge in [0.1, 0.15) is 13.5 Å². The first-order valence-electron chi connectivity index (χ1n) is 6.13. The summed E-state index contributed by atoms with van der Waals surface area (Å²) < 4.78 is 1.86. The lowest BCUT2D eigenvalue weighted by atomic mass is 9.98. The van der Waals surface area contributed by atoms with E-state index in [9.17, 15) is 4.79 Å². The predicted molar refractivity (Wildman–Crippen MR) is 80.6 cm³/mol. The molecule has 1 aromatic carbocycles. The van der Waals surface area contributed by atoms with Gasteiger partial charge >= 0.3 is 5.97 Å². The Balaban J connectivity index is 2.17. The molecule has 20 heavy (non-hydrogen) atoms. The van der Waals surface area contributed by atoms with E-state index in [0.29, 0.717) is 5.69 Å². The Labute approximate surface area is 116 Å². The molecular weight excluding hydrogens is 253 g/mol. The van der Waals surface area contributed by atoms with E-state index in [2.05, 4.69) is 4.98 Å². The molecule has 0 spiro atoms. The fraction of sp³-hybridized carbons (Fsp3) is 0. The number of aromatic carboxylic acids is 1. The number of nitrogen functional groups attached to an aromatic ring is 1. The Morgan fingerprint density at radius 3 is 2.65 bits per heavy atom. The monoisotopic (exact) mass is 265 g/mol. The summed E-state index contributed by atoms with van der Waals surface area (Å²) in [6.45, 7) is 0. The van der Waals surface area contributed by atoms with Crippen LogP contribution in [0.5, 0.6) is 0 Å². The zero-order chi connectivity index (χ0) is 14.3. The molecule has 0 aliphatic carbocycles. The topological polar surface area (TPSA) is 81.1 Å². The summed E-state index contributed by atoms with van der Waals surface area (Å²) in [5.74, 6) is -0.942. The summed E-state index contributed by atoms with van der Waals surface area (Å²) in [5, 5.41) is 9.81. The molecule has 2 aromatic heterocycles. The summed E-state index contributed by atoms with van der Waals surface area (Å²) in [5.41, 5.74) is 9.54. The molecule has 6 heteroatoms. The molecular formula is C14H12BN3O2. The maximum Gasteiger partial charge on any atom is 0.335 e. The molecule has 3 aromatic rings. The second-order valence-corrected chi connectivity index (χ2v) is 4.69. The summed E-state index contributed by atoms with van der Waals surface area (Å²) in [7, 11) is 1.96. The van der Waals surface area contributed by atoms with Crippen molar-refractivity contribution in [2.24, 2.45) is 0 Å². The van der Waals surface area contributed by atoms with Gasteiger partial charge in [-0.2, -0.15) is 0 Å². The Hall–Kier alpha value is -2.76. The van der Waals surface area contributed by atoms with Crippen LogP contribution in [0.1, 0.15) is 10.4 Å². The van der Waals surface area contributed by atoms with Crippen molar-refractivity contribution >= 4 is 36.0 Å². The minimum absolute atomic E-state index is 0.252. The number of hydrogen-bond donors (Lipinski definition) is 2. The van der Waals surface area contributed by atoms with E-state index in [-0.39, 0.29) is 5.56 Å². The zero-order valence-electron chi connectivity index (χ0n) is 10.9. The average Bonchev–Trinajstić information content (AvgIpc) is 2.76. The number of rotatable bonds is 2. The van der Waals surface area contributed by atoms with Crippen LogP contribution in [0.3, 0.4) is 0 Å². The molecule has 0 amide bonds. The number of pyridine rings is 1. The summed E-state index contributed by atoms with van der Waals surface area (Å²) in [6, 6.07) is 8.59. The number of carboxylic acids is 1. The third kappa shape index (κ3) is 1.91. The van der Waals surface area contributed by atoms with Gasteiger partial charge < -0.3 is 10.8 Å². The largest absolute Gasteiger partial charge is 0.478 e. The lowest BCUT2D eigenvalue weighted by Gasteiger charge is -2.05. The second kappa shape index (κ2) is 4.41. The molecule has 5 nitrogen and oxygen atoms in total. The van der Waals surface area contributed by atoms with Crippen LogP contribution in [0.4, 0.5) is 5.69 Å². The van der Waals surface area contributed by atoms with Gasteiger partial charge in [-0.25, -0.2) is 9.78 Å². The molecule has 2 heterocycles. The third-order valence-electron chi connectivity index (χ3n) is 3.20. The van der Waals surface area contributed by atoms with E-state index in [1.165, 1.54) is 0 Å². The molecule has 0 saturated carbocycles. The number of hydrogen-bond acceptors (Lipinski definition) is 3. The van der Waals surface area contributed by atoms with Crippen molar-refractivity contribution in [1.82, 2.24) is 9.55 Å². The molecule has 98 valence electrons. The summed E-state index contributed by atoms with van der Waals surface area (Å²) >= 11 is 0. The van der Waals surface area contributed by atoms with Crippen molar-refractivity contribution in [3.63, 3.8) is 0 Å². The minimum Gasteiger partial charge on any atom is -0.478 e. The van der Waals surface area contributed by atoms with Crippen LogP contribution in [-0.4, -0.2) is 28.5 Å². The fourth-order valence-electron chi connectivity index (χ4n) is 2.20. The van der Waals surface area contributed by atoms with Crippen LogP contribution in [0.25, 0.3) is 16.7 Å². The molecule has 3 N–H and O–H groups in total. The number of nitrogens with zero attached hydrogens (tertiary/aromatic N) is 2. The van der Waals surface area contributed by atoms with Crippen molar-refractivity contribution in [1.29, 1.82) is 0 Å². The average molecular weight is 265 g/mol. The van der Waals surface area contributed by atoms with Gasteiger partial charge in [-0.1, -0.05) is 11.5 Å². The first-order valence-corrected chi connectivity index (χ1v) is 6.13. The van der Waals surface area contributed by atoms with Crippen molar-refractivity contribution in [2.45, 2.75) is 0 Å². The lowest BCUT2D eigenvalue weighted by molar-refractivity contribution is 0.0697. The number of anilines is 1. The van der Waals surface area contributed by atoms with E-state index in [1.54, 1.807) is 36.7 Å². The van der Waals surface area contributed by atoms with Crippen LogP contribution in [0.15, 0.2) is 42.7 Å². The molecule has 0 atom stereocenters. The number of nitrogens with two attached hydrogens (primary N) is 1. The Kier molecular flexibility index (Phi) is 2.71. The number of carbonyl (C=O) groups is 1. The highest BCUT2D eigenvalue weighted by Crippen LogP contribution is 2.24. The molecule has 0 bridgehead atoms. The van der Waals surface area contributed by atoms with Gasteiger partial charge in [0.25, 0.3) is 0 Å². The van der Waals surface area contributed by atoms with Gasteiger partial charge in [-0.15, -0.1) is 0 Å². The van der Waals surface area contributed by atoms with Gasteiger partial charge in [-0.05, 0) is 24.3 Å². The van der Waals surface area contributed by atoms with Crippen molar-refractivity contribution in [3.8, 4) is 5.69 Å². The smallest absolute Gasteiger partial charge is 0.335 e. The lowest BCUT2D eigenvalue weighted by Crippen LogP contribution is -2.03. The van der Waals surface area contributed by atoms with Crippen LogP contribution in [0, 0.1) is 0 Å². The van der Waals surface area contributed by atoms with Crippen LogP contribution >= 0.6 is 0 Å². The molecule has 0 unspecified atom stereocenters. The Morgan fingerprint density at radius 1 is 1.30 bits per heavy atom. The maximum atomic E-state index is 10.9. The zero-order valence-corrected chi connectivity index (χ0v) is 10.9. The molecule has 3 rings (SSSR count). The summed E-state index contributed by atoms with van der Waals surface area (Å²) in [4.78, 5) is 15.3. The van der Waals surface area contributed by atoms with Gasteiger partial charge in [0.05, 0.1) is 11.3 Å². The van der Waals surface area contributed by atoms with Gasteiger partial charge in [-0.3, -0.25) is 4.57 Å². The normalized spacial score (nSPS) is 10.8. The number of benzene rings is 1. The van der Waals surface area contributed by atoms with Gasteiger partial charge in [0, 0.05) is 23.5 Å². The van der Waals surface area contributed by atoms with E-state index >= 15 is 0 Å². The third-order valence-corrected chi connectivity index (χ3v) is 3.20. The number of carboxylic acid groups (broad SMARTS) is 1. The van der Waals surface area contributed by atoms with E-state index < -0.39 is 5.97 Å². The molecule has 0 aliphatic rings. The Morgan fingerprint density at radius 2 is 2.00 bits per heavy atom. The van der Waals surface area contributed by atoms with Crippen molar-refractivity contribution in [3.05, 3.63) is 48.3 Å². The number of aromatic nitrogens is 2. The van der Waals surface area contributed by atoms with Crippen LogP contribution in [0.2, 0.25) is 0 Å². The molecule has 0 aliphatic heterocycles. The first kappa shape index (κ1) is 12.3. The summed E-state index contributed by atoms with van der Waals surface area (Å²) in [6.07, 6.45) is 3.58. The SMILES string of the molecule is Bc1cnc2c(c1)c(N)cn2-c1ccc(C(=O)O)cc1. The molecule has 0 saturated heterocycles. The standard InChI is InChI=1S/C14H12BN3O2/c15-9-5-11-12(16)7-18(13(11)17-6-9)10-3-1-8(2-4-10)14(19)20/h1-7H,15-16H2,(H,19,20). The highest BCUT2D eigenvalue weighted by molar-refractivity contribution is 6.33. The van der Waals surface area contributed by atoms with Crippen LogP contribution < -0.4 is 11.2 Å². The van der Waals surface area contributed by atoms with Gasteiger partial charge in [0.2, 0.25) is 0 Å². The molecule has 0 fully saturated rings. The quantitative estimate of drug-likeness (QED) is 0.663. The molecule has 0 radical (unpaired) electrons. The van der Waals surface area contributed by atoms with Crippen molar-refractivity contribution in [2.75, 3.05) is 5.73 Å². The number of fused-ring (bicyclic) bond motifs is 1. The Bertz CT molecular complexity index is 809. The predicted octanol–water partition coefficient (Wildman–Crippen LogP) is 0.564. The minimum atomic E-state index is -0.942. The fourth-order valence-corrected chi connectivity index (χ4v) is 2.20. The highest BCUT2D eigenvalue weighted by atomic mass is 16.4. The van der Waals surface area contributed by atoms with E-state index in [0.717, 1.165) is 22.2 Å². The van der Waals surface area contributed by atoms with Crippen LogP contribution in [-0.2, 0) is 0 Å². The first-order chi connectivity index (χ1) is 9.56. The van der Waals surface area contributed by atoms with Crippen molar-refractivity contribution < 1.29 is 9.90 Å².